The third-order valence-electron chi connectivity index (χ3n) is 5.61. The number of nitrogens with zero attached hydrogens (tertiary/aromatic N) is 3. The van der Waals surface area contributed by atoms with Gasteiger partial charge in [0.2, 0.25) is 6.79 Å². The maximum atomic E-state index is 12.2. The fourth-order valence-corrected chi connectivity index (χ4v) is 3.98. The van der Waals surface area contributed by atoms with Crippen LogP contribution >= 0.6 is 0 Å². The Morgan fingerprint density at radius 1 is 1.07 bits per heavy atom. The van der Waals surface area contributed by atoms with E-state index >= 15 is 0 Å². The van der Waals surface area contributed by atoms with Crippen molar-refractivity contribution in [2.45, 2.75) is 32.0 Å². The predicted octanol–water partition coefficient (Wildman–Crippen LogP) is 0.224. The number of amides is 3. The molecule has 3 aliphatic rings. The van der Waals surface area contributed by atoms with Crippen LogP contribution in [0.3, 0.4) is 0 Å². The minimum atomic E-state index is -0.906. The van der Waals surface area contributed by atoms with Crippen molar-refractivity contribution in [3.63, 3.8) is 0 Å². The average molecular weight is 404 g/mol. The van der Waals surface area contributed by atoms with Crippen molar-refractivity contribution in [3.8, 4) is 11.5 Å². The first-order valence-corrected chi connectivity index (χ1v) is 9.97. The van der Waals surface area contributed by atoms with Crippen molar-refractivity contribution in [3.05, 3.63) is 23.8 Å². The van der Waals surface area contributed by atoms with Crippen LogP contribution in [0.25, 0.3) is 0 Å². The first-order valence-electron chi connectivity index (χ1n) is 9.97. The smallest absolute Gasteiger partial charge is 0.325 e. The lowest BCUT2D eigenvalue weighted by Crippen LogP contribution is -2.50. The van der Waals surface area contributed by atoms with E-state index in [1.807, 2.05) is 12.1 Å². The van der Waals surface area contributed by atoms with Gasteiger partial charge in [0.1, 0.15) is 5.54 Å². The first kappa shape index (κ1) is 19.9. The van der Waals surface area contributed by atoms with Crippen LogP contribution in [0.15, 0.2) is 18.2 Å². The highest BCUT2D eigenvalue weighted by Gasteiger charge is 2.44. The molecule has 0 aliphatic carbocycles. The number of hydrogen-bond donors (Lipinski definition) is 2. The Kier molecular flexibility index (Phi) is 5.37. The number of aliphatic hydroxyl groups is 1. The Balaban J connectivity index is 1.23. The van der Waals surface area contributed by atoms with Crippen LogP contribution in [0.5, 0.6) is 11.5 Å². The number of aliphatic hydroxyl groups excluding tert-OH is 1. The van der Waals surface area contributed by atoms with Gasteiger partial charge in [-0.1, -0.05) is 6.07 Å². The largest absolute Gasteiger partial charge is 0.454 e. The molecule has 3 aliphatic heterocycles. The van der Waals surface area contributed by atoms with Crippen LogP contribution in [0.1, 0.15) is 19.4 Å². The summed E-state index contributed by atoms with van der Waals surface area (Å²) < 4.78 is 10.8. The lowest BCUT2D eigenvalue weighted by molar-refractivity contribution is -0.131. The van der Waals surface area contributed by atoms with Gasteiger partial charge in [-0.15, -0.1) is 0 Å². The van der Waals surface area contributed by atoms with Crippen molar-refractivity contribution in [2.24, 2.45) is 0 Å². The van der Waals surface area contributed by atoms with E-state index in [1.165, 1.54) is 5.56 Å². The fraction of sp³-hybridized carbons (Fsp3) is 0.600. The zero-order valence-electron chi connectivity index (χ0n) is 16.9. The molecule has 158 valence electrons. The van der Waals surface area contributed by atoms with Crippen LogP contribution in [-0.4, -0.2) is 89.4 Å². The molecule has 0 radical (unpaired) electrons. The van der Waals surface area contributed by atoms with Gasteiger partial charge in [0, 0.05) is 39.3 Å². The van der Waals surface area contributed by atoms with Crippen molar-refractivity contribution in [1.82, 2.24) is 20.0 Å². The number of hydrogen-bond acceptors (Lipinski definition) is 7. The molecule has 3 amide bonds. The molecule has 1 unspecified atom stereocenters. The summed E-state index contributed by atoms with van der Waals surface area (Å²) >= 11 is 0. The zero-order chi connectivity index (χ0) is 20.6. The number of piperazine rings is 1. The number of benzene rings is 1. The molecule has 2 fully saturated rings. The SMILES string of the molecule is CC1(C)NC(=O)N(CC(O)CN2CCN(Cc3ccc4c(c3)OCO4)CC2)C1=O. The van der Waals surface area contributed by atoms with Crippen LogP contribution in [0.4, 0.5) is 4.79 Å². The number of fused-ring (bicyclic) bond motifs is 1. The summed E-state index contributed by atoms with van der Waals surface area (Å²) in [6.07, 6.45) is -0.765. The lowest BCUT2D eigenvalue weighted by Gasteiger charge is -2.36. The molecule has 4 rings (SSSR count). The van der Waals surface area contributed by atoms with Gasteiger partial charge in [-0.05, 0) is 31.5 Å². The van der Waals surface area contributed by atoms with Crippen molar-refractivity contribution < 1.29 is 24.2 Å². The summed E-state index contributed by atoms with van der Waals surface area (Å²) in [5.74, 6) is 1.30. The third-order valence-corrected chi connectivity index (χ3v) is 5.61. The number of carbonyl (C=O) groups is 2. The molecule has 9 heteroatoms. The Morgan fingerprint density at radius 3 is 2.45 bits per heavy atom. The number of urea groups is 1. The number of β-amino-alcohol motifs (C(OH)–C–C–N with tert-alkyl or cyclic N) is 1. The molecule has 1 atom stereocenters. The molecular weight excluding hydrogens is 376 g/mol. The average Bonchev–Trinajstić information content (AvgIpc) is 3.21. The summed E-state index contributed by atoms with van der Waals surface area (Å²) in [5.41, 5.74) is 0.279. The second-order valence-electron chi connectivity index (χ2n) is 8.39. The van der Waals surface area contributed by atoms with Gasteiger partial charge in [0.05, 0.1) is 12.6 Å². The van der Waals surface area contributed by atoms with E-state index in [-0.39, 0.29) is 19.2 Å². The van der Waals surface area contributed by atoms with Gasteiger partial charge in [0.25, 0.3) is 5.91 Å². The molecule has 9 nitrogen and oxygen atoms in total. The number of rotatable bonds is 6. The zero-order valence-corrected chi connectivity index (χ0v) is 16.9. The number of imide groups is 1. The van der Waals surface area contributed by atoms with E-state index in [4.69, 9.17) is 9.47 Å². The molecule has 29 heavy (non-hydrogen) atoms. The monoisotopic (exact) mass is 404 g/mol. The maximum absolute atomic E-state index is 12.2. The van der Waals surface area contributed by atoms with E-state index in [0.29, 0.717) is 6.54 Å². The second kappa shape index (κ2) is 7.81. The standard InChI is InChI=1S/C20H28N4O5/c1-20(2)18(26)24(19(27)21-20)12-15(25)11-23-7-5-22(6-8-23)10-14-3-4-16-17(9-14)29-13-28-16/h3-4,9,15,25H,5-8,10-13H2,1-2H3,(H,21,27). The van der Waals surface area contributed by atoms with Crippen molar-refractivity contribution in [2.75, 3.05) is 46.1 Å². The van der Waals surface area contributed by atoms with Gasteiger partial charge >= 0.3 is 6.03 Å². The summed E-state index contributed by atoms with van der Waals surface area (Å²) in [7, 11) is 0. The maximum Gasteiger partial charge on any atom is 0.325 e. The lowest BCUT2D eigenvalue weighted by atomic mass is 10.1. The van der Waals surface area contributed by atoms with E-state index in [2.05, 4.69) is 21.2 Å². The Bertz CT molecular complexity index is 791. The minimum absolute atomic E-state index is 0.0194. The minimum Gasteiger partial charge on any atom is -0.454 e. The summed E-state index contributed by atoms with van der Waals surface area (Å²) in [4.78, 5) is 29.9. The Morgan fingerprint density at radius 2 is 1.76 bits per heavy atom. The fourth-order valence-electron chi connectivity index (χ4n) is 3.98. The molecule has 0 aromatic heterocycles. The topological polar surface area (TPSA) is 94.6 Å². The third kappa shape index (κ3) is 4.31. The highest BCUT2D eigenvalue weighted by atomic mass is 16.7. The molecule has 0 spiro atoms. The second-order valence-corrected chi connectivity index (χ2v) is 8.39. The summed E-state index contributed by atoms with van der Waals surface area (Å²) in [5, 5.41) is 13.0. The molecule has 0 saturated carbocycles. The van der Waals surface area contributed by atoms with Gasteiger partial charge in [0.15, 0.2) is 11.5 Å². The normalized spacial score (nSPS) is 22.8. The molecule has 0 bridgehead atoms. The van der Waals surface area contributed by atoms with Crippen LogP contribution in [0, 0.1) is 0 Å². The van der Waals surface area contributed by atoms with E-state index < -0.39 is 17.7 Å². The van der Waals surface area contributed by atoms with Crippen LogP contribution in [0.2, 0.25) is 0 Å². The van der Waals surface area contributed by atoms with E-state index in [1.54, 1.807) is 13.8 Å². The number of nitrogens with one attached hydrogen (secondary N) is 1. The number of carbonyl (C=O) groups excluding carboxylic acids is 2. The highest BCUT2D eigenvalue weighted by molar-refractivity contribution is 6.06. The van der Waals surface area contributed by atoms with Gasteiger partial charge in [-0.25, -0.2) is 4.79 Å². The van der Waals surface area contributed by atoms with Crippen molar-refractivity contribution in [1.29, 1.82) is 0 Å². The molecule has 2 N–H and O–H groups in total. The van der Waals surface area contributed by atoms with Crippen molar-refractivity contribution >= 4 is 11.9 Å². The molecular formula is C20H28N4O5. The van der Waals surface area contributed by atoms with E-state index in [9.17, 15) is 14.7 Å². The molecule has 2 saturated heterocycles. The predicted molar refractivity (Wildman–Crippen MR) is 105 cm³/mol. The Labute approximate surface area is 170 Å². The summed E-state index contributed by atoms with van der Waals surface area (Å²) in [6, 6.07) is 5.59. The number of ether oxygens (including phenoxy) is 2. The molecule has 1 aromatic rings. The Hall–Kier alpha value is -2.36. The van der Waals surface area contributed by atoms with Gasteiger partial charge < -0.3 is 19.9 Å². The quantitative estimate of drug-likeness (QED) is 0.655. The first-order chi connectivity index (χ1) is 13.8. The van der Waals surface area contributed by atoms with Gasteiger partial charge in [-0.2, -0.15) is 0 Å². The van der Waals surface area contributed by atoms with E-state index in [0.717, 1.165) is 49.1 Å². The highest BCUT2D eigenvalue weighted by Crippen LogP contribution is 2.32. The summed E-state index contributed by atoms with van der Waals surface area (Å²) in [6.45, 7) is 8.33. The van der Waals surface area contributed by atoms with Gasteiger partial charge in [-0.3, -0.25) is 19.5 Å². The van der Waals surface area contributed by atoms with Crippen LogP contribution in [-0.2, 0) is 11.3 Å². The molecule has 1 aromatic carbocycles. The molecule has 3 heterocycles. The van der Waals surface area contributed by atoms with Crippen LogP contribution < -0.4 is 14.8 Å².